The van der Waals surface area contributed by atoms with Gasteiger partial charge in [-0.25, -0.2) is 4.39 Å². The molecule has 0 aliphatic heterocycles. The van der Waals surface area contributed by atoms with Crippen molar-refractivity contribution in [1.82, 2.24) is 15.1 Å². The number of nitrogens with two attached hydrogens (primary N) is 1. The number of halogens is 1. The summed E-state index contributed by atoms with van der Waals surface area (Å²) in [7, 11) is 1.67. The first-order valence-electron chi connectivity index (χ1n) is 7.19. The van der Waals surface area contributed by atoms with Gasteiger partial charge in [-0.1, -0.05) is 12.1 Å². The van der Waals surface area contributed by atoms with Crippen LogP contribution in [0, 0.1) is 18.7 Å². The molecule has 0 aliphatic carbocycles. The molecule has 0 fully saturated rings. The summed E-state index contributed by atoms with van der Waals surface area (Å²) in [6.07, 6.45) is 0.334. The van der Waals surface area contributed by atoms with Crippen molar-refractivity contribution in [3.8, 4) is 0 Å². The lowest BCUT2D eigenvalue weighted by molar-refractivity contribution is -0.121. The Hall–Kier alpha value is -2.70. The van der Waals surface area contributed by atoms with Crippen LogP contribution in [0.4, 0.5) is 4.39 Å². The smallest absolute Gasteiger partial charge is 0.269 e. The molecule has 23 heavy (non-hydrogen) atoms. The minimum absolute atomic E-state index is 0.107. The van der Waals surface area contributed by atoms with Crippen molar-refractivity contribution in [3.05, 3.63) is 53.1 Å². The third-order valence-electron chi connectivity index (χ3n) is 3.54. The van der Waals surface area contributed by atoms with Gasteiger partial charge in [0, 0.05) is 13.6 Å². The van der Waals surface area contributed by atoms with E-state index in [-0.39, 0.29) is 18.3 Å². The van der Waals surface area contributed by atoms with Gasteiger partial charge in [-0.05, 0) is 37.1 Å². The van der Waals surface area contributed by atoms with Crippen LogP contribution in [-0.2, 0) is 18.3 Å². The molecule has 0 spiro atoms. The van der Waals surface area contributed by atoms with Gasteiger partial charge in [0.05, 0.1) is 11.6 Å². The van der Waals surface area contributed by atoms with Crippen LogP contribution in [0.25, 0.3) is 0 Å². The van der Waals surface area contributed by atoms with Crippen molar-refractivity contribution in [3.63, 3.8) is 0 Å². The van der Waals surface area contributed by atoms with E-state index in [1.165, 1.54) is 16.8 Å². The predicted octanol–water partition coefficient (Wildman–Crippen LogP) is 0.942. The summed E-state index contributed by atoms with van der Waals surface area (Å²) in [4.78, 5) is 23.7. The van der Waals surface area contributed by atoms with E-state index in [1.54, 1.807) is 32.2 Å². The topological polar surface area (TPSA) is 90.0 Å². The number of hydrogen-bond donors (Lipinski definition) is 2. The van der Waals surface area contributed by atoms with Gasteiger partial charge in [0.15, 0.2) is 0 Å². The number of hydrogen-bond acceptors (Lipinski definition) is 3. The molecule has 0 bridgehead atoms. The SMILES string of the molecule is Cc1cc(C(=O)NC[C@H](Cc2ccc(F)cc2)C(N)=O)n(C)n1. The maximum atomic E-state index is 12.9. The number of rotatable bonds is 6. The third kappa shape index (κ3) is 4.38. The van der Waals surface area contributed by atoms with E-state index >= 15 is 0 Å². The van der Waals surface area contributed by atoms with Crippen LogP contribution in [-0.4, -0.2) is 28.1 Å². The number of carbonyl (C=O) groups is 2. The second kappa shape index (κ2) is 7.04. The highest BCUT2D eigenvalue weighted by atomic mass is 19.1. The number of carbonyl (C=O) groups excluding carboxylic acids is 2. The van der Waals surface area contributed by atoms with E-state index in [4.69, 9.17) is 5.73 Å². The van der Waals surface area contributed by atoms with Gasteiger partial charge in [0.2, 0.25) is 5.91 Å². The molecule has 122 valence electrons. The molecule has 6 nitrogen and oxygen atoms in total. The van der Waals surface area contributed by atoms with Crippen LogP contribution in [0.5, 0.6) is 0 Å². The Bertz CT molecular complexity index is 709. The minimum Gasteiger partial charge on any atom is -0.369 e. The Labute approximate surface area is 133 Å². The lowest BCUT2D eigenvalue weighted by Crippen LogP contribution is -2.37. The minimum atomic E-state index is -0.571. The Morgan fingerprint density at radius 1 is 1.35 bits per heavy atom. The molecule has 0 aliphatic rings. The zero-order chi connectivity index (χ0) is 17.0. The van der Waals surface area contributed by atoms with E-state index in [9.17, 15) is 14.0 Å². The number of aryl methyl sites for hydroxylation is 2. The molecule has 0 saturated heterocycles. The van der Waals surface area contributed by atoms with Crippen molar-refractivity contribution >= 4 is 11.8 Å². The van der Waals surface area contributed by atoms with Crippen molar-refractivity contribution in [2.45, 2.75) is 13.3 Å². The first kappa shape index (κ1) is 16.7. The molecule has 2 rings (SSSR count). The molecule has 2 amide bonds. The average molecular weight is 318 g/mol. The molecule has 1 aromatic carbocycles. The number of nitrogens with one attached hydrogen (secondary N) is 1. The van der Waals surface area contributed by atoms with Crippen molar-refractivity contribution in [2.75, 3.05) is 6.54 Å². The van der Waals surface area contributed by atoms with Crippen molar-refractivity contribution in [1.29, 1.82) is 0 Å². The zero-order valence-corrected chi connectivity index (χ0v) is 13.0. The summed E-state index contributed by atoms with van der Waals surface area (Å²) in [6, 6.07) is 7.50. The molecule has 0 unspecified atom stereocenters. The molecule has 7 heteroatoms. The fraction of sp³-hybridized carbons (Fsp3) is 0.312. The predicted molar refractivity (Wildman–Crippen MR) is 83.1 cm³/mol. The summed E-state index contributed by atoms with van der Waals surface area (Å²) in [5.41, 5.74) is 7.31. The molecule has 1 atom stereocenters. The van der Waals surface area contributed by atoms with Crippen LogP contribution in [0.3, 0.4) is 0 Å². The number of primary amides is 1. The first-order valence-corrected chi connectivity index (χ1v) is 7.19. The number of nitrogens with zero attached hydrogens (tertiary/aromatic N) is 2. The highest BCUT2D eigenvalue weighted by Gasteiger charge is 2.19. The monoisotopic (exact) mass is 318 g/mol. The van der Waals surface area contributed by atoms with Gasteiger partial charge < -0.3 is 11.1 Å². The fourth-order valence-corrected chi connectivity index (χ4v) is 2.31. The van der Waals surface area contributed by atoms with Gasteiger partial charge in [-0.15, -0.1) is 0 Å². The Morgan fingerprint density at radius 2 is 2.00 bits per heavy atom. The molecule has 0 saturated carbocycles. The summed E-state index contributed by atoms with van der Waals surface area (Å²) in [5, 5.41) is 6.79. The summed E-state index contributed by atoms with van der Waals surface area (Å²) < 4.78 is 14.4. The Morgan fingerprint density at radius 3 is 2.52 bits per heavy atom. The Balaban J connectivity index is 1.99. The largest absolute Gasteiger partial charge is 0.369 e. The number of aromatic nitrogens is 2. The maximum absolute atomic E-state index is 12.9. The van der Waals surface area contributed by atoms with Gasteiger partial charge in [0.25, 0.3) is 5.91 Å². The van der Waals surface area contributed by atoms with Crippen molar-refractivity contribution < 1.29 is 14.0 Å². The summed E-state index contributed by atoms with van der Waals surface area (Å²) in [5.74, 6) is -1.75. The van der Waals surface area contributed by atoms with Crippen LogP contribution in [0.15, 0.2) is 30.3 Å². The maximum Gasteiger partial charge on any atom is 0.269 e. The van der Waals surface area contributed by atoms with Gasteiger partial charge >= 0.3 is 0 Å². The first-order chi connectivity index (χ1) is 10.9. The second-order valence-corrected chi connectivity index (χ2v) is 5.43. The van der Waals surface area contributed by atoms with E-state index in [0.717, 1.165) is 11.3 Å². The second-order valence-electron chi connectivity index (χ2n) is 5.43. The molecule has 1 heterocycles. The molecule has 3 N–H and O–H groups in total. The average Bonchev–Trinajstić information content (AvgIpc) is 2.83. The fourth-order valence-electron chi connectivity index (χ4n) is 2.31. The Kier molecular flexibility index (Phi) is 5.10. The van der Waals surface area contributed by atoms with E-state index in [2.05, 4.69) is 10.4 Å². The standard InChI is InChI=1S/C16H19FN4O2/c1-10-7-14(21(2)20-10)16(23)19-9-12(15(18)22)8-11-3-5-13(17)6-4-11/h3-7,12H,8-9H2,1-2H3,(H2,18,22)(H,19,23)/t12-/m0/s1. The molecule has 2 aromatic rings. The zero-order valence-electron chi connectivity index (χ0n) is 13.0. The highest BCUT2D eigenvalue weighted by Crippen LogP contribution is 2.10. The van der Waals surface area contributed by atoms with Crippen LogP contribution in [0.2, 0.25) is 0 Å². The molecule has 1 aromatic heterocycles. The van der Waals surface area contributed by atoms with E-state index in [1.807, 2.05) is 0 Å². The summed E-state index contributed by atoms with van der Waals surface area (Å²) in [6.45, 7) is 1.90. The number of benzene rings is 1. The van der Waals surface area contributed by atoms with Crippen LogP contribution >= 0.6 is 0 Å². The normalized spacial score (nSPS) is 12.0. The van der Waals surface area contributed by atoms with Crippen LogP contribution < -0.4 is 11.1 Å². The quantitative estimate of drug-likeness (QED) is 0.830. The lowest BCUT2D eigenvalue weighted by Gasteiger charge is -2.14. The van der Waals surface area contributed by atoms with E-state index < -0.39 is 11.8 Å². The lowest BCUT2D eigenvalue weighted by atomic mass is 9.98. The van der Waals surface area contributed by atoms with Gasteiger partial charge in [0.1, 0.15) is 11.5 Å². The van der Waals surface area contributed by atoms with Crippen molar-refractivity contribution in [2.24, 2.45) is 18.7 Å². The van der Waals surface area contributed by atoms with Gasteiger partial charge in [-0.3, -0.25) is 14.3 Å². The molecular formula is C16H19FN4O2. The van der Waals surface area contributed by atoms with Crippen LogP contribution in [0.1, 0.15) is 21.7 Å². The molecular weight excluding hydrogens is 299 g/mol. The molecule has 0 radical (unpaired) electrons. The van der Waals surface area contributed by atoms with E-state index in [0.29, 0.717) is 12.1 Å². The number of amides is 2. The third-order valence-corrected chi connectivity index (χ3v) is 3.54. The summed E-state index contributed by atoms with van der Waals surface area (Å²) >= 11 is 0. The highest BCUT2D eigenvalue weighted by molar-refractivity contribution is 5.93. The van der Waals surface area contributed by atoms with Gasteiger partial charge in [-0.2, -0.15) is 5.10 Å².